The lowest BCUT2D eigenvalue weighted by atomic mass is 9.85. The Kier molecular flexibility index (Phi) is 2.86. The molecule has 96 valence electrons. The molecule has 2 aromatic rings. The van der Waals surface area contributed by atoms with Gasteiger partial charge in [0.2, 0.25) is 0 Å². The monoisotopic (exact) mass is 243 g/mol. The summed E-state index contributed by atoms with van der Waals surface area (Å²) >= 11 is 0. The summed E-state index contributed by atoms with van der Waals surface area (Å²) < 4.78 is 0. The summed E-state index contributed by atoms with van der Waals surface area (Å²) in [6.07, 6.45) is 2.50. The molecule has 0 spiro atoms. The summed E-state index contributed by atoms with van der Waals surface area (Å²) in [4.78, 5) is 7.97. The maximum atomic E-state index is 4.59. The standard InChI is InChI=1S/C15H21N3/c1-9-10(2)15-14(17-11(3)18-15)8-13(9)12-4-6-16-7-5-12/h8,12,16H,4-7H2,1-3H3,(H,17,18). The molecule has 2 N–H and O–H groups in total. The van der Waals surface area contributed by atoms with Crippen molar-refractivity contribution in [1.82, 2.24) is 15.3 Å². The Labute approximate surface area is 108 Å². The smallest absolute Gasteiger partial charge is 0.104 e. The van der Waals surface area contributed by atoms with Gasteiger partial charge in [-0.3, -0.25) is 0 Å². The van der Waals surface area contributed by atoms with Crippen molar-refractivity contribution in [3.8, 4) is 0 Å². The van der Waals surface area contributed by atoms with E-state index in [2.05, 4.69) is 35.2 Å². The van der Waals surface area contributed by atoms with Crippen molar-refractivity contribution >= 4 is 11.0 Å². The maximum absolute atomic E-state index is 4.59. The van der Waals surface area contributed by atoms with Gasteiger partial charge in [-0.1, -0.05) is 0 Å². The van der Waals surface area contributed by atoms with Crippen LogP contribution >= 0.6 is 0 Å². The van der Waals surface area contributed by atoms with Gasteiger partial charge in [0.1, 0.15) is 5.82 Å². The van der Waals surface area contributed by atoms with E-state index in [-0.39, 0.29) is 0 Å². The van der Waals surface area contributed by atoms with Crippen LogP contribution in [0.4, 0.5) is 0 Å². The molecule has 0 aliphatic carbocycles. The van der Waals surface area contributed by atoms with Crippen LogP contribution in [-0.4, -0.2) is 23.1 Å². The lowest BCUT2D eigenvalue weighted by molar-refractivity contribution is 0.459. The Morgan fingerprint density at radius 1 is 1.11 bits per heavy atom. The van der Waals surface area contributed by atoms with Gasteiger partial charge in [-0.25, -0.2) is 4.98 Å². The normalized spacial score (nSPS) is 17.5. The van der Waals surface area contributed by atoms with E-state index >= 15 is 0 Å². The zero-order valence-electron chi connectivity index (χ0n) is 11.4. The van der Waals surface area contributed by atoms with E-state index in [1.165, 1.54) is 35.0 Å². The lowest BCUT2D eigenvalue weighted by Gasteiger charge is -2.25. The maximum Gasteiger partial charge on any atom is 0.104 e. The number of piperidine rings is 1. The van der Waals surface area contributed by atoms with Crippen LogP contribution in [-0.2, 0) is 0 Å². The Bertz CT molecular complexity index is 577. The van der Waals surface area contributed by atoms with Crippen LogP contribution in [0.15, 0.2) is 6.07 Å². The summed E-state index contributed by atoms with van der Waals surface area (Å²) in [5, 5.41) is 3.44. The first-order valence-corrected chi connectivity index (χ1v) is 6.84. The van der Waals surface area contributed by atoms with Crippen LogP contribution in [0.1, 0.15) is 41.3 Å². The topological polar surface area (TPSA) is 40.7 Å². The Morgan fingerprint density at radius 2 is 1.83 bits per heavy atom. The Morgan fingerprint density at radius 3 is 2.56 bits per heavy atom. The minimum atomic E-state index is 0.706. The number of aromatic amines is 1. The highest BCUT2D eigenvalue weighted by Gasteiger charge is 2.19. The van der Waals surface area contributed by atoms with E-state index in [0.29, 0.717) is 5.92 Å². The minimum absolute atomic E-state index is 0.706. The number of nitrogens with one attached hydrogen (secondary N) is 2. The highest BCUT2D eigenvalue weighted by molar-refractivity contribution is 5.81. The molecule has 1 aromatic carbocycles. The van der Waals surface area contributed by atoms with E-state index < -0.39 is 0 Å². The number of hydrogen-bond acceptors (Lipinski definition) is 2. The predicted octanol–water partition coefficient (Wildman–Crippen LogP) is 2.96. The van der Waals surface area contributed by atoms with Crippen LogP contribution in [0.3, 0.4) is 0 Å². The van der Waals surface area contributed by atoms with Gasteiger partial charge in [0.25, 0.3) is 0 Å². The number of rotatable bonds is 1. The zero-order valence-corrected chi connectivity index (χ0v) is 11.4. The largest absolute Gasteiger partial charge is 0.342 e. The van der Waals surface area contributed by atoms with Gasteiger partial charge < -0.3 is 10.3 Å². The predicted molar refractivity (Wildman–Crippen MR) is 75.1 cm³/mol. The van der Waals surface area contributed by atoms with Crippen molar-refractivity contribution in [1.29, 1.82) is 0 Å². The number of nitrogens with zero attached hydrogens (tertiary/aromatic N) is 1. The molecule has 0 bridgehead atoms. The minimum Gasteiger partial charge on any atom is -0.342 e. The van der Waals surface area contributed by atoms with Gasteiger partial charge in [0.15, 0.2) is 0 Å². The van der Waals surface area contributed by atoms with E-state index in [9.17, 15) is 0 Å². The van der Waals surface area contributed by atoms with Crippen LogP contribution in [0.5, 0.6) is 0 Å². The Balaban J connectivity index is 2.13. The second-order valence-corrected chi connectivity index (χ2v) is 5.46. The van der Waals surface area contributed by atoms with Crippen molar-refractivity contribution in [2.75, 3.05) is 13.1 Å². The van der Waals surface area contributed by atoms with Crippen molar-refractivity contribution in [3.63, 3.8) is 0 Å². The number of hydrogen-bond donors (Lipinski definition) is 2. The molecule has 0 radical (unpaired) electrons. The molecule has 0 unspecified atom stereocenters. The summed E-state index contributed by atoms with van der Waals surface area (Å²) in [5.41, 5.74) is 6.63. The highest BCUT2D eigenvalue weighted by Crippen LogP contribution is 2.32. The van der Waals surface area contributed by atoms with Crippen molar-refractivity contribution in [3.05, 3.63) is 28.6 Å². The molecular formula is C15H21N3. The Hall–Kier alpha value is -1.35. The summed E-state index contributed by atoms with van der Waals surface area (Å²) in [6, 6.07) is 2.33. The van der Waals surface area contributed by atoms with Gasteiger partial charge in [-0.05, 0) is 75.4 Å². The molecular weight excluding hydrogens is 222 g/mol. The number of H-pyrrole nitrogens is 1. The third-order valence-electron chi connectivity index (χ3n) is 4.28. The second kappa shape index (κ2) is 4.39. The fourth-order valence-corrected chi connectivity index (χ4v) is 3.12. The van der Waals surface area contributed by atoms with E-state index in [4.69, 9.17) is 0 Å². The van der Waals surface area contributed by atoms with Crippen LogP contribution < -0.4 is 5.32 Å². The van der Waals surface area contributed by atoms with Gasteiger partial charge >= 0.3 is 0 Å². The molecule has 3 rings (SSSR count). The van der Waals surface area contributed by atoms with E-state index in [1.54, 1.807) is 0 Å². The fraction of sp³-hybridized carbons (Fsp3) is 0.533. The summed E-state index contributed by atoms with van der Waals surface area (Å²) in [7, 11) is 0. The fourth-order valence-electron chi connectivity index (χ4n) is 3.12. The first-order chi connectivity index (χ1) is 8.66. The first kappa shape index (κ1) is 11.7. The first-order valence-electron chi connectivity index (χ1n) is 6.84. The SMILES string of the molecule is Cc1nc2c(C)c(C)c(C3CCNCC3)cc2[nH]1. The molecule has 1 aliphatic heterocycles. The lowest BCUT2D eigenvalue weighted by Crippen LogP contribution is -2.27. The quantitative estimate of drug-likeness (QED) is 0.808. The molecule has 2 heterocycles. The van der Waals surface area contributed by atoms with Crippen LogP contribution in [0.25, 0.3) is 11.0 Å². The molecule has 18 heavy (non-hydrogen) atoms. The molecule has 1 saturated heterocycles. The van der Waals surface area contributed by atoms with Crippen LogP contribution in [0.2, 0.25) is 0 Å². The third kappa shape index (κ3) is 1.83. The van der Waals surface area contributed by atoms with E-state index in [0.717, 1.165) is 24.4 Å². The molecule has 0 atom stereocenters. The molecule has 3 nitrogen and oxygen atoms in total. The molecule has 3 heteroatoms. The van der Waals surface area contributed by atoms with Gasteiger partial charge in [0.05, 0.1) is 11.0 Å². The molecule has 1 aliphatic rings. The molecule has 1 aromatic heterocycles. The van der Waals surface area contributed by atoms with Crippen molar-refractivity contribution in [2.45, 2.75) is 39.5 Å². The summed E-state index contributed by atoms with van der Waals surface area (Å²) in [6.45, 7) is 8.75. The molecule has 0 saturated carbocycles. The average molecular weight is 243 g/mol. The van der Waals surface area contributed by atoms with Crippen molar-refractivity contribution in [2.24, 2.45) is 0 Å². The van der Waals surface area contributed by atoms with Gasteiger partial charge in [0, 0.05) is 0 Å². The molecule has 0 amide bonds. The van der Waals surface area contributed by atoms with Crippen LogP contribution in [0, 0.1) is 20.8 Å². The highest BCUT2D eigenvalue weighted by atomic mass is 14.9. The number of aromatic nitrogens is 2. The zero-order chi connectivity index (χ0) is 12.7. The third-order valence-corrected chi connectivity index (χ3v) is 4.28. The molecule has 1 fully saturated rings. The van der Waals surface area contributed by atoms with Gasteiger partial charge in [-0.15, -0.1) is 0 Å². The average Bonchev–Trinajstić information content (AvgIpc) is 2.76. The number of benzene rings is 1. The number of aryl methyl sites for hydroxylation is 2. The van der Waals surface area contributed by atoms with Crippen molar-refractivity contribution < 1.29 is 0 Å². The summed E-state index contributed by atoms with van der Waals surface area (Å²) in [5.74, 6) is 1.72. The number of fused-ring (bicyclic) bond motifs is 1. The van der Waals surface area contributed by atoms with E-state index in [1.807, 2.05) is 6.92 Å². The van der Waals surface area contributed by atoms with Gasteiger partial charge in [-0.2, -0.15) is 0 Å². The number of imidazole rings is 1. The second-order valence-electron chi connectivity index (χ2n) is 5.46.